The molecule has 2 aromatic rings. The van der Waals surface area contributed by atoms with Gasteiger partial charge in [0.1, 0.15) is 5.82 Å². The van der Waals surface area contributed by atoms with Gasteiger partial charge in [-0.05, 0) is 79.6 Å². The lowest BCUT2D eigenvalue weighted by Crippen LogP contribution is -2.10. The Morgan fingerprint density at radius 1 is 1.16 bits per heavy atom. The zero-order valence-electron chi connectivity index (χ0n) is 15.4. The molecule has 2 nitrogen and oxygen atoms in total. The van der Waals surface area contributed by atoms with E-state index in [9.17, 15) is 9.18 Å². The molecule has 2 aromatic carbocycles. The summed E-state index contributed by atoms with van der Waals surface area (Å²) in [6.07, 6.45) is 0.147. The molecule has 134 valence electrons. The number of rotatable bonds is 5. The average molecular weight is 363 g/mol. The molecule has 0 spiro atoms. The third-order valence-corrected chi connectivity index (χ3v) is 4.61. The summed E-state index contributed by atoms with van der Waals surface area (Å²) in [5, 5.41) is 0.646. The number of carbonyl (C=O) groups is 1. The fourth-order valence-electron chi connectivity index (χ4n) is 3.16. The molecule has 25 heavy (non-hydrogen) atoms. The van der Waals surface area contributed by atoms with E-state index in [0.29, 0.717) is 22.8 Å². The zero-order chi connectivity index (χ0) is 18.7. The third-order valence-electron chi connectivity index (χ3n) is 4.31. The lowest BCUT2D eigenvalue weighted by molar-refractivity contribution is -0.143. The van der Waals surface area contributed by atoms with Crippen molar-refractivity contribution in [2.24, 2.45) is 0 Å². The van der Waals surface area contributed by atoms with Gasteiger partial charge < -0.3 is 4.74 Å². The van der Waals surface area contributed by atoms with Gasteiger partial charge in [-0.25, -0.2) is 4.39 Å². The Kier molecular flexibility index (Phi) is 6.23. The first-order chi connectivity index (χ1) is 11.7. The van der Waals surface area contributed by atoms with Crippen molar-refractivity contribution in [3.8, 4) is 11.1 Å². The molecule has 2 rings (SSSR count). The summed E-state index contributed by atoms with van der Waals surface area (Å²) < 4.78 is 19.7. The maximum atomic E-state index is 14.7. The number of carbonyl (C=O) groups excluding carboxylic acids is 1. The minimum atomic E-state index is -0.318. The smallest absolute Gasteiger partial charge is 0.306 e. The van der Waals surface area contributed by atoms with E-state index < -0.39 is 0 Å². The van der Waals surface area contributed by atoms with Gasteiger partial charge in [0.2, 0.25) is 0 Å². The number of hydrogen-bond acceptors (Lipinski definition) is 2. The second-order valence-electron chi connectivity index (χ2n) is 6.55. The minimum absolute atomic E-state index is 0.147. The van der Waals surface area contributed by atoms with Crippen molar-refractivity contribution in [1.29, 1.82) is 0 Å². The number of hydrogen-bond donors (Lipinski definition) is 0. The van der Waals surface area contributed by atoms with Crippen LogP contribution < -0.4 is 0 Å². The van der Waals surface area contributed by atoms with Crippen LogP contribution in [0.3, 0.4) is 0 Å². The van der Waals surface area contributed by atoms with E-state index in [1.807, 2.05) is 26.8 Å². The monoisotopic (exact) mass is 362 g/mol. The van der Waals surface area contributed by atoms with E-state index >= 15 is 0 Å². The molecule has 0 amide bonds. The SMILES string of the molecule is CCOC(=O)C[C@H](C)c1cc(-c2c(C)cc(C)cc2Cl)cc(C)c1F. The van der Waals surface area contributed by atoms with E-state index in [1.54, 1.807) is 26.0 Å². The number of halogens is 2. The van der Waals surface area contributed by atoms with Crippen molar-refractivity contribution in [3.05, 3.63) is 57.4 Å². The summed E-state index contributed by atoms with van der Waals surface area (Å²) in [7, 11) is 0. The number of aryl methyl sites for hydroxylation is 3. The highest BCUT2D eigenvalue weighted by Crippen LogP contribution is 2.36. The third kappa shape index (κ3) is 4.40. The Hall–Kier alpha value is -1.87. The maximum Gasteiger partial charge on any atom is 0.306 e. The molecule has 0 bridgehead atoms. The van der Waals surface area contributed by atoms with E-state index in [-0.39, 0.29) is 24.1 Å². The van der Waals surface area contributed by atoms with Crippen LogP contribution in [0.15, 0.2) is 24.3 Å². The molecule has 0 N–H and O–H groups in total. The molecular formula is C21H24ClFO2. The van der Waals surface area contributed by atoms with E-state index in [2.05, 4.69) is 6.07 Å². The molecule has 0 saturated heterocycles. The summed E-state index contributed by atoms with van der Waals surface area (Å²) in [4.78, 5) is 11.8. The van der Waals surface area contributed by atoms with Crippen LogP contribution >= 0.6 is 11.6 Å². The van der Waals surface area contributed by atoms with Gasteiger partial charge in [-0.15, -0.1) is 0 Å². The fourth-order valence-corrected chi connectivity index (χ4v) is 3.59. The Morgan fingerprint density at radius 2 is 1.84 bits per heavy atom. The summed E-state index contributed by atoms with van der Waals surface area (Å²) in [6, 6.07) is 7.57. The molecule has 0 aliphatic rings. The number of ether oxygens (including phenoxy) is 1. The average Bonchev–Trinajstić information content (AvgIpc) is 2.49. The first-order valence-electron chi connectivity index (χ1n) is 8.47. The highest BCUT2D eigenvalue weighted by Gasteiger charge is 2.20. The van der Waals surface area contributed by atoms with Crippen molar-refractivity contribution in [2.45, 2.75) is 47.0 Å². The number of benzene rings is 2. The number of esters is 1. The molecule has 0 aliphatic heterocycles. The molecule has 0 saturated carbocycles. The van der Waals surface area contributed by atoms with E-state index in [1.165, 1.54) is 0 Å². The highest BCUT2D eigenvalue weighted by atomic mass is 35.5. The molecule has 0 fully saturated rings. The van der Waals surface area contributed by atoms with Crippen LogP contribution in [0, 0.1) is 26.6 Å². The Bertz CT molecular complexity index is 776. The molecule has 0 aliphatic carbocycles. The van der Waals surface area contributed by atoms with Crippen LogP contribution in [0.1, 0.15) is 48.4 Å². The van der Waals surface area contributed by atoms with Crippen LogP contribution in [0.25, 0.3) is 11.1 Å². The Morgan fingerprint density at radius 3 is 2.44 bits per heavy atom. The minimum Gasteiger partial charge on any atom is -0.466 e. The highest BCUT2D eigenvalue weighted by molar-refractivity contribution is 6.33. The normalized spacial score (nSPS) is 12.1. The quantitative estimate of drug-likeness (QED) is 0.598. The van der Waals surface area contributed by atoms with Crippen LogP contribution in [-0.2, 0) is 9.53 Å². The second-order valence-corrected chi connectivity index (χ2v) is 6.95. The van der Waals surface area contributed by atoms with Gasteiger partial charge in [-0.1, -0.05) is 24.6 Å². The summed E-state index contributed by atoms with van der Waals surface area (Å²) in [6.45, 7) is 9.64. The Balaban J connectivity index is 2.50. The first kappa shape index (κ1) is 19.5. The molecule has 0 aromatic heterocycles. The van der Waals surface area contributed by atoms with Crippen molar-refractivity contribution >= 4 is 17.6 Å². The Labute approximate surface area is 154 Å². The fraction of sp³-hybridized carbons (Fsp3) is 0.381. The topological polar surface area (TPSA) is 26.3 Å². The standard InChI is InChI=1S/C21H24ClFO2/c1-6-25-19(24)10-13(3)17-11-16(9-15(5)21(17)23)20-14(4)7-12(2)8-18(20)22/h7-9,11,13H,6,10H2,1-5H3/t13-/m0/s1. The van der Waals surface area contributed by atoms with Gasteiger partial charge in [0.05, 0.1) is 13.0 Å². The van der Waals surface area contributed by atoms with Gasteiger partial charge >= 0.3 is 5.97 Å². The van der Waals surface area contributed by atoms with Gasteiger partial charge in [-0.2, -0.15) is 0 Å². The first-order valence-corrected chi connectivity index (χ1v) is 8.85. The van der Waals surface area contributed by atoms with Crippen molar-refractivity contribution in [1.82, 2.24) is 0 Å². The molecule has 0 heterocycles. The van der Waals surface area contributed by atoms with Crippen LogP contribution in [-0.4, -0.2) is 12.6 Å². The zero-order valence-corrected chi connectivity index (χ0v) is 16.1. The van der Waals surface area contributed by atoms with Gasteiger partial charge in [-0.3, -0.25) is 4.79 Å². The van der Waals surface area contributed by atoms with Crippen molar-refractivity contribution < 1.29 is 13.9 Å². The van der Waals surface area contributed by atoms with Crippen LogP contribution in [0.5, 0.6) is 0 Å². The van der Waals surface area contributed by atoms with Gasteiger partial charge in [0.25, 0.3) is 0 Å². The largest absolute Gasteiger partial charge is 0.466 e. The van der Waals surface area contributed by atoms with E-state index in [0.717, 1.165) is 22.3 Å². The molecular weight excluding hydrogens is 339 g/mol. The summed E-state index contributed by atoms with van der Waals surface area (Å²) >= 11 is 6.45. The van der Waals surface area contributed by atoms with Crippen molar-refractivity contribution in [2.75, 3.05) is 6.61 Å². The predicted molar refractivity (Wildman–Crippen MR) is 101 cm³/mol. The van der Waals surface area contributed by atoms with Crippen LogP contribution in [0.2, 0.25) is 5.02 Å². The van der Waals surface area contributed by atoms with Crippen molar-refractivity contribution in [3.63, 3.8) is 0 Å². The molecule has 4 heteroatoms. The van der Waals surface area contributed by atoms with Gasteiger partial charge in [0.15, 0.2) is 0 Å². The summed E-state index contributed by atoms with van der Waals surface area (Å²) in [5.74, 6) is -0.870. The second kappa shape index (κ2) is 8.01. The molecule has 0 unspecified atom stereocenters. The van der Waals surface area contributed by atoms with Gasteiger partial charge in [0, 0.05) is 10.6 Å². The molecule has 0 radical (unpaired) electrons. The predicted octanol–water partition coefficient (Wildman–Crippen LogP) is 6.13. The van der Waals surface area contributed by atoms with Crippen LogP contribution in [0.4, 0.5) is 4.39 Å². The summed E-state index contributed by atoms with van der Waals surface area (Å²) in [5.41, 5.74) is 4.95. The molecule has 1 atom stereocenters. The lowest BCUT2D eigenvalue weighted by atomic mass is 9.90. The van der Waals surface area contributed by atoms with E-state index in [4.69, 9.17) is 16.3 Å². The lowest BCUT2D eigenvalue weighted by Gasteiger charge is -2.17. The maximum absolute atomic E-state index is 14.7.